The van der Waals surface area contributed by atoms with Crippen LogP contribution in [0, 0.1) is 11.8 Å². The van der Waals surface area contributed by atoms with Gasteiger partial charge >= 0.3 is 0 Å². The Balaban J connectivity index is 1.97. The highest BCUT2D eigenvalue weighted by molar-refractivity contribution is 7.99. The fourth-order valence-electron chi connectivity index (χ4n) is 3.70. The van der Waals surface area contributed by atoms with Crippen molar-refractivity contribution in [1.82, 2.24) is 4.90 Å². The molecule has 1 heterocycles. The third-order valence-corrected chi connectivity index (χ3v) is 6.05. The van der Waals surface area contributed by atoms with Crippen LogP contribution in [-0.4, -0.2) is 42.1 Å². The van der Waals surface area contributed by atoms with Gasteiger partial charge in [-0.25, -0.2) is 0 Å². The molecule has 1 saturated heterocycles. The van der Waals surface area contributed by atoms with Crippen LogP contribution in [0.3, 0.4) is 0 Å². The summed E-state index contributed by atoms with van der Waals surface area (Å²) in [6.45, 7) is 3.27. The number of thioether (sulfide) groups is 1. The molecule has 2 rings (SSSR count). The molecule has 100 valence electrons. The molecule has 1 saturated carbocycles. The minimum Gasteiger partial charge on any atom is -0.329 e. The summed E-state index contributed by atoms with van der Waals surface area (Å²) in [5, 5.41) is 0. The first kappa shape index (κ1) is 13.7. The zero-order valence-corrected chi connectivity index (χ0v) is 12.2. The van der Waals surface area contributed by atoms with Crippen molar-refractivity contribution in [2.45, 2.75) is 51.1 Å². The van der Waals surface area contributed by atoms with Crippen molar-refractivity contribution < 1.29 is 0 Å². The zero-order chi connectivity index (χ0) is 12.3. The molecule has 4 unspecified atom stereocenters. The standard InChI is InChI=1S/C14H28N2S/c1-11-5-3-4-6-13(11)16(2)14(9-15)12-7-8-17-10-12/h11-14H,3-10,15H2,1-2H3. The smallest absolute Gasteiger partial charge is 0.0254 e. The maximum atomic E-state index is 6.05. The SMILES string of the molecule is CC1CCCCC1N(C)C(CN)C1CCSC1. The van der Waals surface area contributed by atoms with Gasteiger partial charge in [-0.05, 0) is 49.7 Å². The Bertz CT molecular complexity index is 228. The predicted octanol–water partition coefficient (Wildman–Crippen LogP) is 2.58. The molecule has 1 aliphatic carbocycles. The highest BCUT2D eigenvalue weighted by Gasteiger charge is 2.33. The third kappa shape index (κ3) is 3.18. The van der Waals surface area contributed by atoms with Crippen molar-refractivity contribution in [3.63, 3.8) is 0 Å². The summed E-state index contributed by atoms with van der Waals surface area (Å²) >= 11 is 2.11. The van der Waals surface area contributed by atoms with E-state index < -0.39 is 0 Å². The van der Waals surface area contributed by atoms with Gasteiger partial charge < -0.3 is 5.73 Å². The molecule has 0 amide bonds. The molecule has 0 bridgehead atoms. The van der Waals surface area contributed by atoms with Crippen molar-refractivity contribution in [3.8, 4) is 0 Å². The molecule has 0 radical (unpaired) electrons. The Hall–Kier alpha value is 0.270. The van der Waals surface area contributed by atoms with Gasteiger partial charge in [-0.2, -0.15) is 11.8 Å². The van der Waals surface area contributed by atoms with Crippen LogP contribution in [0.1, 0.15) is 39.0 Å². The number of hydrogen-bond acceptors (Lipinski definition) is 3. The lowest BCUT2D eigenvalue weighted by Gasteiger charge is -2.42. The fraction of sp³-hybridized carbons (Fsp3) is 1.00. The van der Waals surface area contributed by atoms with Gasteiger partial charge in [-0.1, -0.05) is 19.8 Å². The normalized spacial score (nSPS) is 36.4. The summed E-state index contributed by atoms with van der Waals surface area (Å²) in [5.74, 6) is 4.36. The second-order valence-corrected chi connectivity index (χ2v) is 7.07. The monoisotopic (exact) mass is 256 g/mol. The molecule has 4 atom stereocenters. The second kappa shape index (κ2) is 6.44. The maximum Gasteiger partial charge on any atom is 0.0254 e. The van der Waals surface area contributed by atoms with Crippen LogP contribution in [0.4, 0.5) is 0 Å². The summed E-state index contributed by atoms with van der Waals surface area (Å²) in [6.07, 6.45) is 7.01. The summed E-state index contributed by atoms with van der Waals surface area (Å²) in [5.41, 5.74) is 6.05. The maximum absolute atomic E-state index is 6.05. The molecule has 2 aliphatic rings. The molecule has 0 aromatic rings. The van der Waals surface area contributed by atoms with Gasteiger partial charge in [-0.15, -0.1) is 0 Å². The molecule has 3 heteroatoms. The number of nitrogens with zero attached hydrogens (tertiary/aromatic N) is 1. The van der Waals surface area contributed by atoms with Crippen molar-refractivity contribution in [2.75, 3.05) is 25.1 Å². The van der Waals surface area contributed by atoms with Gasteiger partial charge in [0.2, 0.25) is 0 Å². The van der Waals surface area contributed by atoms with Gasteiger partial charge in [0.05, 0.1) is 0 Å². The van der Waals surface area contributed by atoms with Crippen LogP contribution in [0.25, 0.3) is 0 Å². The first-order valence-electron chi connectivity index (χ1n) is 7.23. The van der Waals surface area contributed by atoms with Gasteiger partial charge in [0.1, 0.15) is 0 Å². The molecule has 2 nitrogen and oxygen atoms in total. The van der Waals surface area contributed by atoms with Crippen molar-refractivity contribution in [1.29, 1.82) is 0 Å². The van der Waals surface area contributed by atoms with E-state index in [1.165, 1.54) is 43.6 Å². The Kier molecular flexibility index (Phi) is 5.19. The van der Waals surface area contributed by atoms with E-state index in [1.807, 2.05) is 0 Å². The molecule has 2 N–H and O–H groups in total. The van der Waals surface area contributed by atoms with Crippen LogP contribution < -0.4 is 5.73 Å². The van der Waals surface area contributed by atoms with E-state index in [0.29, 0.717) is 6.04 Å². The quantitative estimate of drug-likeness (QED) is 0.838. The summed E-state index contributed by atoms with van der Waals surface area (Å²) in [4.78, 5) is 2.64. The van der Waals surface area contributed by atoms with Crippen LogP contribution in [0.2, 0.25) is 0 Å². The van der Waals surface area contributed by atoms with E-state index in [9.17, 15) is 0 Å². The number of hydrogen-bond donors (Lipinski definition) is 1. The van der Waals surface area contributed by atoms with E-state index in [-0.39, 0.29) is 0 Å². The van der Waals surface area contributed by atoms with E-state index >= 15 is 0 Å². The highest BCUT2D eigenvalue weighted by atomic mass is 32.2. The van der Waals surface area contributed by atoms with Crippen LogP contribution >= 0.6 is 11.8 Å². The molecule has 0 spiro atoms. The molecule has 0 aromatic carbocycles. The van der Waals surface area contributed by atoms with Gasteiger partial charge in [0.15, 0.2) is 0 Å². The number of nitrogens with two attached hydrogens (primary N) is 1. The lowest BCUT2D eigenvalue weighted by molar-refractivity contribution is 0.0758. The Morgan fingerprint density at radius 3 is 2.65 bits per heavy atom. The zero-order valence-electron chi connectivity index (χ0n) is 11.4. The number of likely N-dealkylation sites (N-methyl/N-ethyl adjacent to an activating group) is 1. The summed E-state index contributed by atoms with van der Waals surface area (Å²) in [7, 11) is 2.33. The summed E-state index contributed by atoms with van der Waals surface area (Å²) in [6, 6.07) is 1.40. The van der Waals surface area contributed by atoms with Crippen molar-refractivity contribution in [3.05, 3.63) is 0 Å². The highest BCUT2D eigenvalue weighted by Crippen LogP contribution is 2.33. The first-order valence-corrected chi connectivity index (χ1v) is 8.39. The lowest BCUT2D eigenvalue weighted by Crippen LogP contribution is -2.51. The third-order valence-electron chi connectivity index (χ3n) is 4.86. The van der Waals surface area contributed by atoms with Crippen LogP contribution in [0.15, 0.2) is 0 Å². The molecule has 17 heavy (non-hydrogen) atoms. The lowest BCUT2D eigenvalue weighted by atomic mass is 9.83. The van der Waals surface area contributed by atoms with Crippen LogP contribution in [0.5, 0.6) is 0 Å². The molecule has 2 fully saturated rings. The first-order chi connectivity index (χ1) is 8.24. The second-order valence-electron chi connectivity index (χ2n) is 5.92. The fourth-order valence-corrected chi connectivity index (χ4v) is 5.02. The summed E-state index contributed by atoms with van der Waals surface area (Å²) < 4.78 is 0. The minimum absolute atomic E-state index is 0.621. The average molecular weight is 256 g/mol. The predicted molar refractivity (Wildman–Crippen MR) is 77.5 cm³/mol. The van der Waals surface area contributed by atoms with E-state index in [2.05, 4.69) is 30.6 Å². The Labute approximate surface area is 111 Å². The molecule has 1 aliphatic heterocycles. The van der Waals surface area contributed by atoms with E-state index in [0.717, 1.165) is 24.4 Å². The van der Waals surface area contributed by atoms with Gasteiger partial charge in [0, 0.05) is 18.6 Å². The molecular formula is C14H28N2S. The Morgan fingerprint density at radius 1 is 1.29 bits per heavy atom. The van der Waals surface area contributed by atoms with E-state index in [1.54, 1.807) is 0 Å². The molecular weight excluding hydrogens is 228 g/mol. The van der Waals surface area contributed by atoms with Gasteiger partial charge in [0.25, 0.3) is 0 Å². The van der Waals surface area contributed by atoms with Crippen molar-refractivity contribution in [2.24, 2.45) is 17.6 Å². The van der Waals surface area contributed by atoms with E-state index in [4.69, 9.17) is 5.73 Å². The Morgan fingerprint density at radius 2 is 2.06 bits per heavy atom. The topological polar surface area (TPSA) is 29.3 Å². The average Bonchev–Trinajstić information content (AvgIpc) is 2.84. The largest absolute Gasteiger partial charge is 0.329 e. The van der Waals surface area contributed by atoms with Crippen molar-refractivity contribution >= 4 is 11.8 Å². The van der Waals surface area contributed by atoms with Gasteiger partial charge in [-0.3, -0.25) is 4.90 Å². The minimum atomic E-state index is 0.621. The van der Waals surface area contributed by atoms with Crippen LogP contribution in [-0.2, 0) is 0 Å². The molecule has 0 aromatic heterocycles. The number of rotatable bonds is 4.